The van der Waals surface area contributed by atoms with Crippen LogP contribution in [0.2, 0.25) is 0 Å². The molecule has 5 rings (SSSR count). The highest BCUT2D eigenvalue weighted by Crippen LogP contribution is 2.77. The van der Waals surface area contributed by atoms with Crippen molar-refractivity contribution in [2.75, 3.05) is 0 Å². The highest BCUT2D eigenvalue weighted by atomic mass is 16.1. The van der Waals surface area contributed by atoms with Crippen molar-refractivity contribution in [3.63, 3.8) is 0 Å². The molecule has 5 aliphatic rings. The summed E-state index contributed by atoms with van der Waals surface area (Å²) in [6, 6.07) is 0. The predicted molar refractivity (Wildman–Crippen MR) is 107 cm³/mol. The largest absolute Gasteiger partial charge is 0.298 e. The first-order valence-corrected chi connectivity index (χ1v) is 10.9. The van der Waals surface area contributed by atoms with Crippen LogP contribution in [0.3, 0.4) is 0 Å². The summed E-state index contributed by atoms with van der Waals surface area (Å²) < 4.78 is 0. The van der Waals surface area contributed by atoms with Crippen molar-refractivity contribution in [2.45, 2.75) is 79.6 Å². The van der Waals surface area contributed by atoms with E-state index in [0.29, 0.717) is 5.92 Å². The molecule has 0 aliphatic heterocycles. The maximum absolute atomic E-state index is 12.3. The summed E-state index contributed by atoms with van der Waals surface area (Å²) in [5, 5.41) is 0. The van der Waals surface area contributed by atoms with E-state index in [1.54, 1.807) is 16.7 Å². The molecule has 0 bridgehead atoms. The van der Waals surface area contributed by atoms with Crippen LogP contribution in [0.15, 0.2) is 33.9 Å². The minimum Gasteiger partial charge on any atom is -0.298 e. The molecule has 0 aromatic rings. The Bertz CT molecular complexity index is 793. The molecule has 0 saturated heterocycles. The van der Waals surface area contributed by atoms with E-state index in [4.69, 9.17) is 0 Å². The summed E-state index contributed by atoms with van der Waals surface area (Å²) in [4.78, 5) is 12.3. The second-order valence-corrected chi connectivity index (χ2v) is 10.9. The summed E-state index contributed by atoms with van der Waals surface area (Å²) >= 11 is 0. The fourth-order valence-electron chi connectivity index (χ4n) is 8.22. The first-order valence-electron chi connectivity index (χ1n) is 10.9. The molecule has 0 heterocycles. The Morgan fingerprint density at radius 2 is 1.92 bits per heavy atom. The molecule has 1 spiro atoms. The second-order valence-electron chi connectivity index (χ2n) is 10.9. The van der Waals surface area contributed by atoms with Crippen molar-refractivity contribution >= 4 is 6.29 Å². The Balaban J connectivity index is 1.79. The van der Waals surface area contributed by atoms with Gasteiger partial charge in [0.2, 0.25) is 0 Å². The van der Waals surface area contributed by atoms with Crippen LogP contribution in [0.25, 0.3) is 0 Å². The lowest BCUT2D eigenvalue weighted by Gasteiger charge is -2.43. The SMILES string of the molecule is CC(C)C1=C2C=C3C(=C(C=O)C4(C)CCC5C(C)CCC354)CC2(C)CC1. The van der Waals surface area contributed by atoms with Crippen LogP contribution in [0, 0.1) is 34.0 Å². The molecule has 1 nitrogen and oxygen atoms in total. The number of hydrogen-bond acceptors (Lipinski definition) is 1. The van der Waals surface area contributed by atoms with Crippen LogP contribution >= 0.6 is 0 Å². The van der Waals surface area contributed by atoms with Gasteiger partial charge < -0.3 is 0 Å². The van der Waals surface area contributed by atoms with Gasteiger partial charge in [0.25, 0.3) is 0 Å². The Morgan fingerprint density at radius 1 is 1.15 bits per heavy atom. The number of carbonyl (C=O) groups is 1. The molecule has 5 atom stereocenters. The molecule has 5 aliphatic carbocycles. The maximum atomic E-state index is 12.3. The van der Waals surface area contributed by atoms with Crippen molar-refractivity contribution in [1.29, 1.82) is 0 Å². The molecule has 0 aromatic heterocycles. The third-order valence-electron chi connectivity index (χ3n) is 9.59. The molecule has 2 saturated carbocycles. The minimum absolute atomic E-state index is 0.0961. The van der Waals surface area contributed by atoms with E-state index in [2.05, 4.69) is 40.7 Å². The normalized spacial score (nSPS) is 46.5. The fraction of sp³-hybridized carbons (Fsp3) is 0.720. The van der Waals surface area contributed by atoms with Crippen LogP contribution in [-0.4, -0.2) is 6.29 Å². The third-order valence-corrected chi connectivity index (χ3v) is 9.59. The quantitative estimate of drug-likeness (QED) is 0.526. The first kappa shape index (κ1) is 17.0. The van der Waals surface area contributed by atoms with Gasteiger partial charge in [-0.05, 0) is 84.8 Å². The lowest BCUT2D eigenvalue weighted by Crippen LogP contribution is -2.37. The Hall–Kier alpha value is -1.11. The highest BCUT2D eigenvalue weighted by molar-refractivity contribution is 5.84. The summed E-state index contributed by atoms with van der Waals surface area (Å²) in [5.74, 6) is 2.23. The molecular formula is C25H34O. The zero-order chi connectivity index (χ0) is 18.5. The van der Waals surface area contributed by atoms with Gasteiger partial charge in [0.05, 0.1) is 0 Å². The molecule has 0 radical (unpaired) electrons. The van der Waals surface area contributed by atoms with E-state index in [1.165, 1.54) is 56.0 Å². The summed E-state index contributed by atoms with van der Waals surface area (Å²) in [7, 11) is 0. The zero-order valence-corrected chi connectivity index (χ0v) is 17.2. The lowest BCUT2D eigenvalue weighted by atomic mass is 9.60. The van der Waals surface area contributed by atoms with Crippen molar-refractivity contribution in [3.8, 4) is 0 Å². The van der Waals surface area contributed by atoms with Gasteiger partial charge in [-0.2, -0.15) is 0 Å². The van der Waals surface area contributed by atoms with Gasteiger partial charge in [-0.1, -0.05) is 46.3 Å². The number of allylic oxidation sites excluding steroid dienone is 6. The number of carbonyl (C=O) groups excluding carboxylic acids is 1. The maximum Gasteiger partial charge on any atom is 0.146 e. The Kier molecular flexibility index (Phi) is 3.29. The van der Waals surface area contributed by atoms with E-state index in [-0.39, 0.29) is 16.2 Å². The number of rotatable bonds is 2. The van der Waals surface area contributed by atoms with Gasteiger partial charge in [0.15, 0.2) is 0 Å². The van der Waals surface area contributed by atoms with E-state index >= 15 is 0 Å². The summed E-state index contributed by atoms with van der Waals surface area (Å²) in [6.45, 7) is 12.1. The van der Waals surface area contributed by atoms with Gasteiger partial charge >= 0.3 is 0 Å². The predicted octanol–water partition coefficient (Wildman–Crippen LogP) is 6.41. The van der Waals surface area contributed by atoms with Gasteiger partial charge in [-0.25, -0.2) is 0 Å². The van der Waals surface area contributed by atoms with Crippen LogP contribution in [0.1, 0.15) is 79.6 Å². The van der Waals surface area contributed by atoms with Crippen LogP contribution < -0.4 is 0 Å². The zero-order valence-electron chi connectivity index (χ0n) is 17.2. The second kappa shape index (κ2) is 5.03. The number of hydrogen-bond donors (Lipinski definition) is 0. The standard InChI is InChI=1S/C25H34O/c1-15(2)17-7-9-23(4)13-18-21(12-20(17)23)25-11-6-16(3)19(25)8-10-24(25,5)22(18)14-26/h12,14-16,19H,6-11,13H2,1-5H3. The average Bonchev–Trinajstić information content (AvgIpc) is 3.23. The average molecular weight is 351 g/mol. The smallest absolute Gasteiger partial charge is 0.146 e. The van der Waals surface area contributed by atoms with Crippen LogP contribution in [0.4, 0.5) is 0 Å². The molecule has 0 amide bonds. The molecule has 1 heteroatoms. The van der Waals surface area contributed by atoms with Crippen LogP contribution in [-0.2, 0) is 4.79 Å². The van der Waals surface area contributed by atoms with Gasteiger partial charge in [0.1, 0.15) is 6.29 Å². The van der Waals surface area contributed by atoms with Gasteiger partial charge in [-0.3, -0.25) is 4.79 Å². The lowest BCUT2D eigenvalue weighted by molar-refractivity contribution is -0.106. The molecule has 5 unspecified atom stereocenters. The van der Waals surface area contributed by atoms with Crippen molar-refractivity contribution in [2.24, 2.45) is 34.0 Å². The molecule has 140 valence electrons. The van der Waals surface area contributed by atoms with E-state index < -0.39 is 0 Å². The minimum atomic E-state index is 0.0961. The topological polar surface area (TPSA) is 17.1 Å². The monoisotopic (exact) mass is 350 g/mol. The molecular weight excluding hydrogens is 316 g/mol. The summed E-state index contributed by atoms with van der Waals surface area (Å²) in [5.41, 5.74) is 8.24. The number of fused-ring (bicyclic) bond motifs is 2. The molecule has 0 aromatic carbocycles. The fourth-order valence-corrected chi connectivity index (χ4v) is 8.22. The number of aldehydes is 1. The molecule has 0 N–H and O–H groups in total. The molecule has 26 heavy (non-hydrogen) atoms. The Labute approximate surface area is 159 Å². The highest BCUT2D eigenvalue weighted by Gasteiger charge is 2.69. The van der Waals surface area contributed by atoms with Gasteiger partial charge in [-0.15, -0.1) is 0 Å². The van der Waals surface area contributed by atoms with Crippen molar-refractivity contribution < 1.29 is 4.79 Å². The van der Waals surface area contributed by atoms with Crippen molar-refractivity contribution in [3.05, 3.63) is 33.9 Å². The summed E-state index contributed by atoms with van der Waals surface area (Å²) in [6.07, 6.45) is 12.7. The first-order chi connectivity index (χ1) is 12.3. The van der Waals surface area contributed by atoms with Crippen LogP contribution in [0.5, 0.6) is 0 Å². The Morgan fingerprint density at radius 3 is 2.62 bits per heavy atom. The van der Waals surface area contributed by atoms with E-state index in [0.717, 1.165) is 18.3 Å². The third kappa shape index (κ3) is 1.68. The van der Waals surface area contributed by atoms with Crippen molar-refractivity contribution in [1.82, 2.24) is 0 Å². The molecule has 2 fully saturated rings. The van der Waals surface area contributed by atoms with E-state index in [9.17, 15) is 4.79 Å². The van der Waals surface area contributed by atoms with Gasteiger partial charge in [0, 0.05) is 16.4 Å². The van der Waals surface area contributed by atoms with E-state index in [1.807, 2.05) is 0 Å².